The number of nitrogens with zero attached hydrogens (tertiary/aromatic N) is 1. The van der Waals surface area contributed by atoms with Gasteiger partial charge in [0.2, 0.25) is 5.91 Å². The second kappa shape index (κ2) is 7.13. The van der Waals surface area contributed by atoms with Crippen molar-refractivity contribution in [1.82, 2.24) is 10.2 Å². The molecule has 1 aromatic carbocycles. The number of piperidine rings is 1. The first-order chi connectivity index (χ1) is 11.2. The van der Waals surface area contributed by atoms with Crippen molar-refractivity contribution in [3.63, 3.8) is 0 Å². The smallest absolute Gasteiger partial charge is 0.253 e. The maximum absolute atomic E-state index is 12.4. The summed E-state index contributed by atoms with van der Waals surface area (Å²) in [6, 6.07) is 9.45. The van der Waals surface area contributed by atoms with E-state index in [4.69, 9.17) is 5.73 Å². The number of rotatable bonds is 5. The number of carbonyl (C=O) groups is 2. The van der Waals surface area contributed by atoms with Gasteiger partial charge in [-0.25, -0.2) is 0 Å². The van der Waals surface area contributed by atoms with E-state index in [0.717, 1.165) is 12.8 Å². The maximum atomic E-state index is 12.4. The summed E-state index contributed by atoms with van der Waals surface area (Å²) in [7, 11) is 0. The Morgan fingerprint density at radius 1 is 1.13 bits per heavy atom. The molecule has 1 atom stereocenters. The number of hydrogen-bond donors (Lipinski definition) is 2. The summed E-state index contributed by atoms with van der Waals surface area (Å²) in [6.07, 6.45) is 3.80. The van der Waals surface area contributed by atoms with Crippen molar-refractivity contribution in [3.05, 3.63) is 35.9 Å². The van der Waals surface area contributed by atoms with Crippen LogP contribution < -0.4 is 11.1 Å². The highest BCUT2D eigenvalue weighted by Gasteiger charge is 2.34. The van der Waals surface area contributed by atoms with E-state index >= 15 is 0 Å². The molecule has 124 valence electrons. The average molecular weight is 315 g/mol. The molecule has 2 aliphatic rings. The van der Waals surface area contributed by atoms with Crippen LogP contribution in [0.15, 0.2) is 30.3 Å². The minimum atomic E-state index is 0.00243. The molecule has 1 aliphatic carbocycles. The fourth-order valence-electron chi connectivity index (χ4n) is 3.28. The predicted octanol–water partition coefficient (Wildman–Crippen LogP) is 1.39. The van der Waals surface area contributed by atoms with Gasteiger partial charge in [0, 0.05) is 37.2 Å². The summed E-state index contributed by atoms with van der Waals surface area (Å²) in [5.41, 5.74) is 6.47. The molecule has 1 unspecified atom stereocenters. The highest BCUT2D eigenvalue weighted by atomic mass is 16.2. The van der Waals surface area contributed by atoms with E-state index in [2.05, 4.69) is 5.32 Å². The van der Waals surface area contributed by atoms with Gasteiger partial charge < -0.3 is 16.0 Å². The largest absolute Gasteiger partial charge is 0.352 e. The molecule has 5 heteroatoms. The summed E-state index contributed by atoms with van der Waals surface area (Å²) in [6.45, 7) is 1.80. The molecule has 1 saturated carbocycles. The SMILES string of the molecule is NCC(NC(=O)C1CCN(C(=O)c2ccccc2)CC1)C1CC1. The standard InChI is InChI=1S/C18H25N3O2/c19-12-16(13-6-7-13)20-17(22)14-8-10-21(11-9-14)18(23)15-4-2-1-3-5-15/h1-5,13-14,16H,6-12,19H2,(H,20,22). The average Bonchev–Trinajstić information content (AvgIpc) is 3.44. The molecule has 1 aromatic rings. The van der Waals surface area contributed by atoms with Crippen LogP contribution in [-0.2, 0) is 4.79 Å². The monoisotopic (exact) mass is 315 g/mol. The van der Waals surface area contributed by atoms with Gasteiger partial charge in [0.05, 0.1) is 0 Å². The lowest BCUT2D eigenvalue weighted by molar-refractivity contribution is -0.127. The molecule has 5 nitrogen and oxygen atoms in total. The summed E-state index contributed by atoms with van der Waals surface area (Å²) in [4.78, 5) is 26.6. The highest BCUT2D eigenvalue weighted by Crippen LogP contribution is 2.32. The molecular formula is C18H25N3O2. The third kappa shape index (κ3) is 3.91. The molecule has 3 rings (SSSR count). The Bertz CT molecular complexity index is 549. The van der Waals surface area contributed by atoms with E-state index in [-0.39, 0.29) is 23.8 Å². The molecule has 1 heterocycles. The summed E-state index contributed by atoms with van der Waals surface area (Å²) >= 11 is 0. The number of likely N-dealkylation sites (tertiary alicyclic amines) is 1. The summed E-state index contributed by atoms with van der Waals surface area (Å²) in [5.74, 6) is 0.743. The molecule has 23 heavy (non-hydrogen) atoms. The van der Waals surface area contributed by atoms with Gasteiger partial charge in [0.15, 0.2) is 0 Å². The van der Waals surface area contributed by atoms with E-state index < -0.39 is 0 Å². The number of benzene rings is 1. The Hall–Kier alpha value is -1.88. The van der Waals surface area contributed by atoms with Crippen molar-refractivity contribution in [2.45, 2.75) is 31.7 Å². The van der Waals surface area contributed by atoms with Crippen LogP contribution in [0.1, 0.15) is 36.0 Å². The zero-order chi connectivity index (χ0) is 16.2. The second-order valence-electron chi connectivity index (χ2n) is 6.62. The minimum absolute atomic E-state index is 0.00243. The van der Waals surface area contributed by atoms with Crippen molar-refractivity contribution >= 4 is 11.8 Å². The number of nitrogens with two attached hydrogens (primary N) is 1. The highest BCUT2D eigenvalue weighted by molar-refractivity contribution is 5.94. The predicted molar refractivity (Wildman–Crippen MR) is 88.8 cm³/mol. The van der Waals surface area contributed by atoms with E-state index in [1.165, 1.54) is 12.8 Å². The Balaban J connectivity index is 1.50. The van der Waals surface area contributed by atoms with Gasteiger partial charge in [-0.3, -0.25) is 9.59 Å². The van der Waals surface area contributed by atoms with Gasteiger partial charge in [-0.1, -0.05) is 18.2 Å². The van der Waals surface area contributed by atoms with Gasteiger partial charge in [-0.05, 0) is 43.7 Å². The van der Waals surface area contributed by atoms with Crippen LogP contribution in [0.3, 0.4) is 0 Å². The van der Waals surface area contributed by atoms with E-state index in [9.17, 15) is 9.59 Å². The first-order valence-electron chi connectivity index (χ1n) is 8.54. The van der Waals surface area contributed by atoms with Crippen molar-refractivity contribution in [2.24, 2.45) is 17.6 Å². The lowest BCUT2D eigenvalue weighted by atomic mass is 9.94. The fraction of sp³-hybridized carbons (Fsp3) is 0.556. The molecular weight excluding hydrogens is 290 g/mol. The third-order valence-electron chi connectivity index (χ3n) is 4.95. The maximum Gasteiger partial charge on any atom is 0.253 e. The zero-order valence-electron chi connectivity index (χ0n) is 13.4. The lowest BCUT2D eigenvalue weighted by Crippen LogP contribution is -2.48. The Labute approximate surface area is 137 Å². The van der Waals surface area contributed by atoms with Crippen molar-refractivity contribution in [1.29, 1.82) is 0 Å². The molecule has 2 amide bonds. The zero-order valence-corrected chi connectivity index (χ0v) is 13.4. The number of nitrogens with one attached hydrogen (secondary N) is 1. The van der Waals surface area contributed by atoms with E-state index in [1.54, 1.807) is 0 Å². The molecule has 0 radical (unpaired) electrons. The van der Waals surface area contributed by atoms with E-state index in [1.807, 2.05) is 35.2 Å². The van der Waals surface area contributed by atoms with Crippen LogP contribution in [0.4, 0.5) is 0 Å². The number of hydrogen-bond acceptors (Lipinski definition) is 3. The molecule has 2 fully saturated rings. The second-order valence-corrected chi connectivity index (χ2v) is 6.62. The molecule has 0 aromatic heterocycles. The van der Waals surface area contributed by atoms with Gasteiger partial charge in [-0.2, -0.15) is 0 Å². The van der Waals surface area contributed by atoms with Crippen LogP contribution >= 0.6 is 0 Å². The fourth-order valence-corrected chi connectivity index (χ4v) is 3.28. The molecule has 0 spiro atoms. The molecule has 1 aliphatic heterocycles. The van der Waals surface area contributed by atoms with Crippen molar-refractivity contribution < 1.29 is 9.59 Å². The van der Waals surface area contributed by atoms with Gasteiger partial charge in [0.1, 0.15) is 0 Å². The quantitative estimate of drug-likeness (QED) is 0.862. The first kappa shape index (κ1) is 16.0. The van der Waals surface area contributed by atoms with Crippen LogP contribution in [0.2, 0.25) is 0 Å². The minimum Gasteiger partial charge on any atom is -0.352 e. The molecule has 0 bridgehead atoms. The lowest BCUT2D eigenvalue weighted by Gasteiger charge is -2.32. The summed E-state index contributed by atoms with van der Waals surface area (Å²) in [5, 5.41) is 3.11. The van der Waals surface area contributed by atoms with Crippen LogP contribution in [-0.4, -0.2) is 42.4 Å². The van der Waals surface area contributed by atoms with Gasteiger partial charge in [0.25, 0.3) is 5.91 Å². The van der Waals surface area contributed by atoms with Crippen LogP contribution in [0, 0.1) is 11.8 Å². The Kier molecular flexibility index (Phi) is 4.96. The van der Waals surface area contributed by atoms with Crippen molar-refractivity contribution in [3.8, 4) is 0 Å². The Morgan fingerprint density at radius 3 is 2.35 bits per heavy atom. The number of amides is 2. The third-order valence-corrected chi connectivity index (χ3v) is 4.95. The first-order valence-corrected chi connectivity index (χ1v) is 8.54. The van der Waals surface area contributed by atoms with E-state index in [0.29, 0.717) is 31.1 Å². The van der Waals surface area contributed by atoms with Crippen LogP contribution in [0.25, 0.3) is 0 Å². The number of carbonyl (C=O) groups excluding carboxylic acids is 2. The van der Waals surface area contributed by atoms with Crippen molar-refractivity contribution in [2.75, 3.05) is 19.6 Å². The summed E-state index contributed by atoms with van der Waals surface area (Å²) < 4.78 is 0. The molecule has 3 N–H and O–H groups in total. The van der Waals surface area contributed by atoms with Gasteiger partial charge >= 0.3 is 0 Å². The molecule has 1 saturated heterocycles. The van der Waals surface area contributed by atoms with Gasteiger partial charge in [-0.15, -0.1) is 0 Å². The topological polar surface area (TPSA) is 75.4 Å². The Morgan fingerprint density at radius 2 is 1.78 bits per heavy atom. The van der Waals surface area contributed by atoms with Crippen LogP contribution in [0.5, 0.6) is 0 Å². The normalized spacial score (nSPS) is 20.1.